The van der Waals surface area contributed by atoms with Crippen molar-refractivity contribution in [3.8, 4) is 11.5 Å². The van der Waals surface area contributed by atoms with Crippen LogP contribution in [0.2, 0.25) is 0 Å². The molecule has 1 aliphatic heterocycles. The highest BCUT2D eigenvalue weighted by Gasteiger charge is 2.29. The van der Waals surface area contributed by atoms with Crippen molar-refractivity contribution in [2.24, 2.45) is 0 Å². The summed E-state index contributed by atoms with van der Waals surface area (Å²) in [6.45, 7) is 1.31. The molecule has 0 bridgehead atoms. The van der Waals surface area contributed by atoms with Gasteiger partial charge in [-0.15, -0.1) is 21.5 Å². The third-order valence-corrected chi connectivity index (χ3v) is 5.18. The molecule has 0 spiro atoms. The predicted molar refractivity (Wildman–Crippen MR) is 91.9 cm³/mol. The van der Waals surface area contributed by atoms with Crippen LogP contribution in [0, 0.1) is 5.82 Å². The summed E-state index contributed by atoms with van der Waals surface area (Å²) < 4.78 is 18.8. The largest absolute Gasteiger partial charge is 0.420 e. The van der Waals surface area contributed by atoms with Crippen LogP contribution in [0.1, 0.15) is 34.3 Å². The lowest BCUT2D eigenvalue weighted by Gasteiger charge is -2.30. The number of rotatable bonds is 3. The van der Waals surface area contributed by atoms with Gasteiger partial charge in [0.1, 0.15) is 5.82 Å². The lowest BCUT2D eigenvalue weighted by Crippen LogP contribution is -2.38. The molecule has 0 aliphatic carbocycles. The Morgan fingerprint density at radius 3 is 2.84 bits per heavy atom. The van der Waals surface area contributed by atoms with E-state index in [1.807, 2.05) is 22.4 Å². The van der Waals surface area contributed by atoms with Gasteiger partial charge in [-0.05, 0) is 48.6 Å². The average molecular weight is 357 g/mol. The summed E-state index contributed by atoms with van der Waals surface area (Å²) >= 11 is 1.45. The van der Waals surface area contributed by atoms with Gasteiger partial charge in [0.25, 0.3) is 5.91 Å². The van der Waals surface area contributed by atoms with E-state index in [4.69, 9.17) is 4.42 Å². The normalized spacial score (nSPS) is 17.6. The van der Waals surface area contributed by atoms with Gasteiger partial charge in [-0.3, -0.25) is 4.79 Å². The van der Waals surface area contributed by atoms with Crippen LogP contribution in [-0.2, 0) is 0 Å². The zero-order valence-corrected chi connectivity index (χ0v) is 14.2. The Labute approximate surface area is 148 Å². The van der Waals surface area contributed by atoms with Crippen LogP contribution in [0.15, 0.2) is 46.2 Å². The average Bonchev–Trinajstić information content (AvgIpc) is 3.34. The summed E-state index contributed by atoms with van der Waals surface area (Å²) in [5, 5.41) is 10.1. The highest BCUT2D eigenvalue weighted by Crippen LogP contribution is 2.29. The second-order valence-electron chi connectivity index (χ2n) is 6.02. The third-order valence-electron chi connectivity index (χ3n) is 4.32. The first-order valence-electron chi connectivity index (χ1n) is 8.13. The quantitative estimate of drug-likeness (QED) is 0.712. The number of nitrogens with zero attached hydrogens (tertiary/aromatic N) is 3. The molecule has 25 heavy (non-hydrogen) atoms. The summed E-state index contributed by atoms with van der Waals surface area (Å²) in [7, 11) is 0. The molecule has 5 nitrogen and oxygen atoms in total. The summed E-state index contributed by atoms with van der Waals surface area (Å²) in [6.07, 6.45) is 1.80. The molecule has 0 saturated carbocycles. The Morgan fingerprint density at radius 2 is 2.08 bits per heavy atom. The molecule has 2 aromatic heterocycles. The second-order valence-corrected chi connectivity index (χ2v) is 6.97. The van der Waals surface area contributed by atoms with E-state index in [2.05, 4.69) is 10.2 Å². The van der Waals surface area contributed by atoms with E-state index < -0.39 is 0 Å². The van der Waals surface area contributed by atoms with Crippen LogP contribution in [0.5, 0.6) is 0 Å². The standard InChI is InChI=1S/C18H16FN3O2S/c19-14-7-5-12(6-8-14)16-20-21-17(24-16)13-3-1-9-22(11-13)18(23)15-4-2-10-25-15/h2,4-8,10,13H,1,3,9,11H2. The molecule has 0 N–H and O–H groups in total. The van der Waals surface area contributed by atoms with Crippen molar-refractivity contribution in [1.82, 2.24) is 15.1 Å². The minimum atomic E-state index is -0.307. The van der Waals surface area contributed by atoms with Crippen LogP contribution >= 0.6 is 11.3 Å². The lowest BCUT2D eigenvalue weighted by atomic mass is 9.98. The molecule has 3 aromatic rings. The molecule has 0 radical (unpaired) electrons. The Morgan fingerprint density at radius 1 is 1.24 bits per heavy atom. The fourth-order valence-electron chi connectivity index (χ4n) is 3.03. The van der Waals surface area contributed by atoms with Crippen molar-refractivity contribution < 1.29 is 13.6 Å². The number of benzene rings is 1. The lowest BCUT2D eigenvalue weighted by molar-refractivity contribution is 0.0703. The maximum Gasteiger partial charge on any atom is 0.263 e. The Hall–Kier alpha value is -2.54. The number of carbonyl (C=O) groups is 1. The fraction of sp³-hybridized carbons (Fsp3) is 0.278. The van der Waals surface area contributed by atoms with Crippen molar-refractivity contribution >= 4 is 17.2 Å². The monoisotopic (exact) mass is 357 g/mol. The van der Waals surface area contributed by atoms with E-state index in [0.29, 0.717) is 23.9 Å². The van der Waals surface area contributed by atoms with Gasteiger partial charge in [0.15, 0.2) is 0 Å². The van der Waals surface area contributed by atoms with Crippen LogP contribution < -0.4 is 0 Å². The number of piperidine rings is 1. The molecule has 7 heteroatoms. The molecule has 128 valence electrons. The summed E-state index contributed by atoms with van der Waals surface area (Å²) in [4.78, 5) is 15.1. The van der Waals surface area contributed by atoms with Gasteiger partial charge in [0.2, 0.25) is 11.8 Å². The van der Waals surface area contributed by atoms with E-state index in [0.717, 1.165) is 24.3 Å². The molecule has 1 unspecified atom stereocenters. The molecule has 4 rings (SSSR count). The molecule has 1 atom stereocenters. The topological polar surface area (TPSA) is 59.2 Å². The number of halogens is 1. The molecule has 1 amide bonds. The van der Waals surface area contributed by atoms with Gasteiger partial charge >= 0.3 is 0 Å². The fourth-order valence-corrected chi connectivity index (χ4v) is 3.72. The van der Waals surface area contributed by atoms with Crippen molar-refractivity contribution in [1.29, 1.82) is 0 Å². The number of carbonyl (C=O) groups excluding carboxylic acids is 1. The van der Waals surface area contributed by atoms with Crippen molar-refractivity contribution in [3.63, 3.8) is 0 Å². The molecule has 3 heterocycles. The summed E-state index contributed by atoms with van der Waals surface area (Å²) in [5.74, 6) is 0.676. The maximum absolute atomic E-state index is 13.0. The SMILES string of the molecule is O=C(c1cccs1)N1CCCC(c2nnc(-c3ccc(F)cc3)o2)C1. The highest BCUT2D eigenvalue weighted by atomic mass is 32.1. The molecular weight excluding hydrogens is 341 g/mol. The first kappa shape index (κ1) is 16.0. The van der Waals surface area contributed by atoms with Gasteiger partial charge < -0.3 is 9.32 Å². The molecule has 1 aliphatic rings. The Kier molecular flexibility index (Phi) is 4.31. The van der Waals surface area contributed by atoms with E-state index in [1.165, 1.54) is 23.5 Å². The van der Waals surface area contributed by atoms with Gasteiger partial charge in [-0.25, -0.2) is 4.39 Å². The summed E-state index contributed by atoms with van der Waals surface area (Å²) in [5.41, 5.74) is 0.683. The van der Waals surface area contributed by atoms with Crippen LogP contribution in [-0.4, -0.2) is 34.1 Å². The van der Waals surface area contributed by atoms with E-state index >= 15 is 0 Å². The van der Waals surface area contributed by atoms with Gasteiger partial charge in [0, 0.05) is 18.7 Å². The van der Waals surface area contributed by atoms with Crippen LogP contribution in [0.25, 0.3) is 11.5 Å². The minimum Gasteiger partial charge on any atom is -0.420 e. The number of amides is 1. The van der Waals surface area contributed by atoms with Crippen molar-refractivity contribution in [2.75, 3.05) is 13.1 Å². The van der Waals surface area contributed by atoms with Crippen molar-refractivity contribution in [2.45, 2.75) is 18.8 Å². The molecular formula is C18H16FN3O2S. The second kappa shape index (κ2) is 6.76. The van der Waals surface area contributed by atoms with Gasteiger partial charge in [0.05, 0.1) is 10.8 Å². The zero-order chi connectivity index (χ0) is 17.2. The first-order chi connectivity index (χ1) is 12.2. The number of likely N-dealkylation sites (tertiary alicyclic amines) is 1. The zero-order valence-electron chi connectivity index (χ0n) is 13.4. The van der Waals surface area contributed by atoms with E-state index in [1.54, 1.807) is 12.1 Å². The number of aromatic nitrogens is 2. The van der Waals surface area contributed by atoms with Crippen molar-refractivity contribution in [3.05, 3.63) is 58.4 Å². The summed E-state index contributed by atoms with van der Waals surface area (Å²) in [6, 6.07) is 9.67. The number of thiophene rings is 1. The predicted octanol–water partition coefficient (Wildman–Crippen LogP) is 3.96. The van der Waals surface area contributed by atoms with E-state index in [-0.39, 0.29) is 17.6 Å². The third kappa shape index (κ3) is 3.32. The number of hydrogen-bond donors (Lipinski definition) is 0. The number of hydrogen-bond acceptors (Lipinski definition) is 5. The Balaban J connectivity index is 1.50. The first-order valence-corrected chi connectivity index (χ1v) is 9.01. The highest BCUT2D eigenvalue weighted by molar-refractivity contribution is 7.12. The maximum atomic E-state index is 13.0. The van der Waals surface area contributed by atoms with E-state index in [9.17, 15) is 9.18 Å². The smallest absolute Gasteiger partial charge is 0.263 e. The van der Waals surface area contributed by atoms with Crippen LogP contribution in [0.4, 0.5) is 4.39 Å². The molecule has 1 aromatic carbocycles. The van der Waals surface area contributed by atoms with Crippen LogP contribution in [0.3, 0.4) is 0 Å². The minimum absolute atomic E-state index is 0.0272. The van der Waals surface area contributed by atoms with Gasteiger partial charge in [-0.2, -0.15) is 0 Å². The molecule has 1 fully saturated rings. The Bertz CT molecular complexity index is 861. The molecule has 1 saturated heterocycles. The van der Waals surface area contributed by atoms with Gasteiger partial charge in [-0.1, -0.05) is 6.07 Å².